The second-order valence-electron chi connectivity index (χ2n) is 8.09. The molecule has 0 aliphatic heterocycles. The number of methoxy groups -OCH3 is 1. The third kappa shape index (κ3) is 5.88. The minimum Gasteiger partial charge on any atom is -0.496 e. The topological polar surface area (TPSA) is 83.4 Å². The van der Waals surface area contributed by atoms with Crippen LogP contribution in [0.4, 0.5) is 0 Å². The minimum atomic E-state index is -0.919. The fourth-order valence-corrected chi connectivity index (χ4v) is 3.54. The number of ether oxygens (including phenoxy) is 1. The lowest BCUT2D eigenvalue weighted by Crippen LogP contribution is -2.55. The first-order chi connectivity index (χ1) is 15.1. The van der Waals surface area contributed by atoms with Crippen molar-refractivity contribution < 1.29 is 19.5 Å². The van der Waals surface area contributed by atoms with Crippen LogP contribution in [0.25, 0.3) is 5.70 Å². The molecule has 0 bridgehead atoms. The highest BCUT2D eigenvalue weighted by Crippen LogP contribution is 2.28. The fourth-order valence-electron chi connectivity index (χ4n) is 3.54. The third-order valence-corrected chi connectivity index (χ3v) is 5.03. The Kier molecular flexibility index (Phi) is 8.43. The molecular weight excluding hydrogens is 406 g/mol. The summed E-state index contributed by atoms with van der Waals surface area (Å²) in [5.74, 6) is 0.511. The molecule has 0 aliphatic rings. The Bertz CT molecular complexity index is 978. The molecule has 1 amide bonds. The molecule has 0 spiro atoms. The van der Waals surface area contributed by atoms with Gasteiger partial charge in [-0.15, -0.1) is 0 Å². The molecule has 0 saturated heterocycles. The summed E-state index contributed by atoms with van der Waals surface area (Å²) in [6, 6.07) is 11.4. The third-order valence-electron chi connectivity index (χ3n) is 5.03. The molecule has 2 aromatic carbocycles. The highest BCUT2D eigenvalue weighted by Gasteiger charge is 2.32. The van der Waals surface area contributed by atoms with Crippen LogP contribution in [0.15, 0.2) is 48.1 Å². The van der Waals surface area contributed by atoms with Gasteiger partial charge in [-0.3, -0.25) is 10.2 Å². The number of oxime groups is 1. The first-order valence-corrected chi connectivity index (χ1v) is 10.5. The lowest BCUT2D eigenvalue weighted by atomic mass is 10.0. The van der Waals surface area contributed by atoms with E-state index in [-0.39, 0.29) is 5.91 Å². The van der Waals surface area contributed by atoms with Crippen molar-refractivity contribution in [1.29, 1.82) is 0 Å². The summed E-state index contributed by atoms with van der Waals surface area (Å²) in [7, 11) is 1.63. The van der Waals surface area contributed by atoms with Gasteiger partial charge in [-0.25, -0.2) is 5.01 Å². The van der Waals surface area contributed by atoms with Crippen LogP contribution in [0.2, 0.25) is 0 Å². The molecule has 0 atom stereocenters. The predicted molar refractivity (Wildman–Crippen MR) is 127 cm³/mol. The minimum absolute atomic E-state index is 0.251. The summed E-state index contributed by atoms with van der Waals surface area (Å²) in [5, 5.41) is 14.1. The highest BCUT2D eigenvalue weighted by molar-refractivity contribution is 5.97. The maximum atomic E-state index is 13.6. The largest absolute Gasteiger partial charge is 0.496 e. The van der Waals surface area contributed by atoms with Gasteiger partial charge in [0.2, 0.25) is 6.79 Å². The summed E-state index contributed by atoms with van der Waals surface area (Å²) in [5.41, 5.74) is 7.17. The van der Waals surface area contributed by atoms with Crippen LogP contribution < -0.4 is 10.2 Å². The number of aliphatic hydroxyl groups is 1. The Balaban J connectivity index is 2.49. The number of rotatable bonds is 10. The lowest BCUT2D eigenvalue weighted by molar-refractivity contribution is 0.000744. The molecule has 0 heterocycles. The number of nitrogens with one attached hydrogen (secondary N) is 1. The summed E-state index contributed by atoms with van der Waals surface area (Å²) in [4.78, 5) is 18.3. The standard InChI is InChI=1S/C25H33N3O4/c1-8-21-22(10-9-11-23(21)31-7)19(4)27-28(25(5,6)15-26-32-16-29)24(30)20-13-17(2)12-18(3)14-20/h9-15,27,29H,4,8,16H2,1-3,5-7H3. The van der Waals surface area contributed by atoms with E-state index in [2.05, 4.69) is 17.2 Å². The molecule has 0 saturated carbocycles. The molecule has 0 aromatic heterocycles. The maximum absolute atomic E-state index is 13.6. The van der Waals surface area contributed by atoms with E-state index in [9.17, 15) is 4.79 Å². The van der Waals surface area contributed by atoms with Crippen molar-refractivity contribution in [2.24, 2.45) is 5.16 Å². The number of benzene rings is 2. The molecule has 0 unspecified atom stereocenters. The van der Waals surface area contributed by atoms with Gasteiger partial charge in [0.1, 0.15) is 5.75 Å². The Morgan fingerprint density at radius 2 is 1.91 bits per heavy atom. The van der Waals surface area contributed by atoms with Crippen LogP contribution in [0, 0.1) is 13.8 Å². The van der Waals surface area contributed by atoms with Gasteiger partial charge in [-0.2, -0.15) is 0 Å². The Hall–Kier alpha value is -3.32. The molecule has 2 rings (SSSR count). The van der Waals surface area contributed by atoms with Crippen LogP contribution in [0.3, 0.4) is 0 Å². The number of nitrogens with zero attached hydrogens (tertiary/aromatic N) is 2. The second kappa shape index (κ2) is 10.8. The normalized spacial score (nSPS) is 11.3. The molecule has 7 heteroatoms. The van der Waals surface area contributed by atoms with Gasteiger partial charge >= 0.3 is 0 Å². The van der Waals surface area contributed by atoms with Crippen molar-refractivity contribution in [1.82, 2.24) is 10.4 Å². The molecular formula is C25H33N3O4. The van der Waals surface area contributed by atoms with Gasteiger partial charge in [-0.05, 0) is 52.3 Å². The SMILES string of the molecule is C=C(NN(C(=O)c1cc(C)cc(C)c1)C(C)(C)C=NOCO)c1cccc(OC)c1CC. The number of hydrazine groups is 1. The maximum Gasteiger partial charge on any atom is 0.273 e. The molecule has 172 valence electrons. The summed E-state index contributed by atoms with van der Waals surface area (Å²) in [6.07, 6.45) is 2.19. The number of hydrogen-bond donors (Lipinski definition) is 2. The van der Waals surface area contributed by atoms with Crippen molar-refractivity contribution in [3.05, 3.63) is 70.8 Å². The smallest absolute Gasteiger partial charge is 0.273 e. The van der Waals surface area contributed by atoms with E-state index in [1.165, 1.54) is 11.2 Å². The second-order valence-corrected chi connectivity index (χ2v) is 8.09. The van der Waals surface area contributed by atoms with E-state index in [0.29, 0.717) is 11.3 Å². The number of carbonyl (C=O) groups excluding carboxylic acids is 1. The Morgan fingerprint density at radius 3 is 2.47 bits per heavy atom. The zero-order valence-corrected chi connectivity index (χ0v) is 19.7. The Morgan fingerprint density at radius 1 is 1.25 bits per heavy atom. The lowest BCUT2D eigenvalue weighted by Gasteiger charge is -2.37. The van der Waals surface area contributed by atoms with E-state index in [4.69, 9.17) is 14.7 Å². The average molecular weight is 440 g/mol. The van der Waals surface area contributed by atoms with Crippen LogP contribution in [-0.4, -0.2) is 41.7 Å². The molecule has 0 radical (unpaired) electrons. The molecule has 7 nitrogen and oxygen atoms in total. The predicted octanol–water partition coefficient (Wildman–Crippen LogP) is 4.22. The van der Waals surface area contributed by atoms with Crippen molar-refractivity contribution >= 4 is 17.8 Å². The van der Waals surface area contributed by atoms with Crippen LogP contribution in [0.5, 0.6) is 5.75 Å². The van der Waals surface area contributed by atoms with E-state index >= 15 is 0 Å². The number of amides is 1. The number of aliphatic hydroxyl groups excluding tert-OH is 1. The van der Waals surface area contributed by atoms with Crippen molar-refractivity contribution in [3.8, 4) is 5.75 Å². The summed E-state index contributed by atoms with van der Waals surface area (Å²) >= 11 is 0. The van der Waals surface area contributed by atoms with Gasteiger partial charge in [0.15, 0.2) is 0 Å². The number of aryl methyl sites for hydroxylation is 2. The van der Waals surface area contributed by atoms with Crippen molar-refractivity contribution in [2.45, 2.75) is 46.6 Å². The molecule has 2 aromatic rings. The zero-order chi connectivity index (χ0) is 23.9. The van der Waals surface area contributed by atoms with Gasteiger partial charge in [0.05, 0.1) is 24.6 Å². The van der Waals surface area contributed by atoms with E-state index in [1.54, 1.807) is 7.11 Å². The molecule has 0 fully saturated rings. The fraction of sp³-hybridized carbons (Fsp3) is 0.360. The number of carbonyl (C=O) groups is 1. The van der Waals surface area contributed by atoms with Crippen LogP contribution in [0.1, 0.15) is 53.4 Å². The van der Waals surface area contributed by atoms with E-state index in [1.807, 2.05) is 71.0 Å². The van der Waals surface area contributed by atoms with E-state index in [0.717, 1.165) is 34.4 Å². The molecule has 2 N–H and O–H groups in total. The zero-order valence-electron chi connectivity index (χ0n) is 19.7. The van der Waals surface area contributed by atoms with Gasteiger partial charge in [0, 0.05) is 16.7 Å². The van der Waals surface area contributed by atoms with Gasteiger partial charge in [-0.1, -0.05) is 48.0 Å². The van der Waals surface area contributed by atoms with Gasteiger partial charge < -0.3 is 14.7 Å². The number of hydrogen-bond acceptors (Lipinski definition) is 6. The first kappa shape index (κ1) is 24.9. The van der Waals surface area contributed by atoms with Crippen molar-refractivity contribution in [2.75, 3.05) is 13.9 Å². The monoisotopic (exact) mass is 439 g/mol. The summed E-state index contributed by atoms with van der Waals surface area (Å²) < 4.78 is 5.50. The average Bonchev–Trinajstić information content (AvgIpc) is 2.75. The van der Waals surface area contributed by atoms with Gasteiger partial charge in [0.25, 0.3) is 5.91 Å². The molecule has 0 aliphatic carbocycles. The van der Waals surface area contributed by atoms with E-state index < -0.39 is 12.3 Å². The highest BCUT2D eigenvalue weighted by atomic mass is 16.7. The van der Waals surface area contributed by atoms with Crippen LogP contribution in [-0.2, 0) is 11.3 Å². The quantitative estimate of drug-likeness (QED) is 0.329. The van der Waals surface area contributed by atoms with Crippen LogP contribution >= 0.6 is 0 Å². The Labute approximate surface area is 190 Å². The summed E-state index contributed by atoms with van der Waals surface area (Å²) in [6.45, 7) is 13.2. The van der Waals surface area contributed by atoms with Crippen molar-refractivity contribution in [3.63, 3.8) is 0 Å². The first-order valence-electron chi connectivity index (χ1n) is 10.5. The molecule has 32 heavy (non-hydrogen) atoms.